The molecule has 4 heterocycles. The van der Waals surface area contributed by atoms with Gasteiger partial charge in [0, 0.05) is 34.9 Å². The van der Waals surface area contributed by atoms with Crippen LogP contribution in [0.5, 0.6) is 0 Å². The Labute approximate surface area is 246 Å². The number of H-pyrrole nitrogens is 1. The Kier molecular flexibility index (Phi) is 7.66. The third-order valence-electron chi connectivity index (χ3n) is 8.64. The Morgan fingerprint density at radius 3 is 2.60 bits per heavy atom. The highest BCUT2D eigenvalue weighted by Crippen LogP contribution is 2.40. The van der Waals surface area contributed by atoms with E-state index < -0.39 is 28.7 Å². The highest BCUT2D eigenvalue weighted by molar-refractivity contribution is 7.89. The summed E-state index contributed by atoms with van der Waals surface area (Å²) in [6, 6.07) is 8.07. The van der Waals surface area contributed by atoms with E-state index in [0.717, 1.165) is 49.9 Å². The van der Waals surface area contributed by atoms with Gasteiger partial charge in [-0.3, -0.25) is 0 Å². The standard InChI is InChI=1S/C29H31F3N6O2S2/c1-17-21-10-19(13-33)36-24(21)8-9-26(17)42(39,40)37-25-15-38(14-23(25)18-6-4-2-3-5-7-18)27-22-11-20(12-29(30,31)32)41-28(22)35-16-34-27/h8-11,16,18,23,25,36-37H,2-7,12,14-15H2,1H3. The van der Waals surface area contributed by atoms with Crippen molar-refractivity contribution in [1.29, 1.82) is 5.26 Å². The van der Waals surface area contributed by atoms with Crippen molar-refractivity contribution in [1.82, 2.24) is 19.7 Å². The number of hydrogen-bond donors (Lipinski definition) is 2. The van der Waals surface area contributed by atoms with E-state index in [2.05, 4.69) is 25.7 Å². The quantitative estimate of drug-likeness (QED) is 0.249. The number of aryl methyl sites for hydroxylation is 1. The fourth-order valence-electron chi connectivity index (χ4n) is 6.72. The van der Waals surface area contributed by atoms with Gasteiger partial charge >= 0.3 is 6.18 Å². The number of nitrogens with one attached hydrogen (secondary N) is 2. The second kappa shape index (κ2) is 11.1. The molecule has 1 aromatic carbocycles. The summed E-state index contributed by atoms with van der Waals surface area (Å²) in [6.45, 7) is 2.64. The zero-order valence-electron chi connectivity index (χ0n) is 23.0. The summed E-state index contributed by atoms with van der Waals surface area (Å²) in [7, 11) is -3.94. The first kappa shape index (κ1) is 28.9. The number of thiophene rings is 1. The normalized spacial score (nSPS) is 20.8. The summed E-state index contributed by atoms with van der Waals surface area (Å²) < 4.78 is 70.1. The van der Waals surface area contributed by atoms with Crippen LogP contribution in [0.25, 0.3) is 21.1 Å². The SMILES string of the molecule is Cc1c(S(=O)(=O)NC2CN(c3ncnc4sc(CC(F)(F)F)cc34)CC2C2CCCCCC2)ccc2[nH]c(C#N)cc12. The number of rotatable bonds is 6. The molecule has 2 unspecified atom stereocenters. The maximum absolute atomic E-state index is 13.9. The van der Waals surface area contributed by atoms with Crippen LogP contribution in [0.2, 0.25) is 0 Å². The molecule has 0 radical (unpaired) electrons. The molecule has 1 saturated heterocycles. The molecule has 1 aliphatic heterocycles. The second-order valence-corrected chi connectivity index (χ2v) is 14.2. The minimum absolute atomic E-state index is 0.0117. The van der Waals surface area contributed by atoms with Gasteiger partial charge in [-0.25, -0.2) is 23.1 Å². The number of alkyl halides is 3. The van der Waals surface area contributed by atoms with Crippen LogP contribution in [-0.2, 0) is 16.4 Å². The number of nitrogens with zero attached hydrogens (tertiary/aromatic N) is 4. The van der Waals surface area contributed by atoms with Crippen molar-refractivity contribution < 1.29 is 21.6 Å². The van der Waals surface area contributed by atoms with E-state index in [1.54, 1.807) is 25.1 Å². The summed E-state index contributed by atoms with van der Waals surface area (Å²) in [5.74, 6) is 0.869. The Hall–Kier alpha value is -3.21. The number of benzene rings is 1. The van der Waals surface area contributed by atoms with Crippen LogP contribution in [0.3, 0.4) is 0 Å². The Balaban J connectivity index is 1.33. The fraction of sp³-hybridized carbons (Fsp3) is 0.483. The molecule has 2 aliphatic rings. The van der Waals surface area contributed by atoms with Gasteiger partial charge in [0.15, 0.2) is 0 Å². The maximum Gasteiger partial charge on any atom is 0.393 e. The highest BCUT2D eigenvalue weighted by atomic mass is 32.2. The summed E-state index contributed by atoms with van der Waals surface area (Å²) in [6.07, 6.45) is 2.54. The summed E-state index contributed by atoms with van der Waals surface area (Å²) in [5, 5.41) is 10.5. The van der Waals surface area contributed by atoms with Crippen molar-refractivity contribution in [2.45, 2.75) is 69.0 Å². The Morgan fingerprint density at radius 1 is 1.12 bits per heavy atom. The summed E-state index contributed by atoms with van der Waals surface area (Å²) in [4.78, 5) is 14.5. The van der Waals surface area contributed by atoms with E-state index in [1.807, 2.05) is 4.90 Å². The van der Waals surface area contributed by atoms with Crippen molar-refractivity contribution in [3.63, 3.8) is 0 Å². The predicted molar refractivity (Wildman–Crippen MR) is 156 cm³/mol. The van der Waals surface area contributed by atoms with Gasteiger partial charge in [0.25, 0.3) is 0 Å². The molecule has 3 aromatic heterocycles. The number of fused-ring (bicyclic) bond motifs is 2. The highest BCUT2D eigenvalue weighted by Gasteiger charge is 2.41. The van der Waals surface area contributed by atoms with Crippen LogP contribution in [0.1, 0.15) is 54.7 Å². The van der Waals surface area contributed by atoms with E-state index in [9.17, 15) is 26.9 Å². The second-order valence-electron chi connectivity index (χ2n) is 11.4. The molecule has 1 saturated carbocycles. The van der Waals surface area contributed by atoms with E-state index in [0.29, 0.717) is 57.2 Å². The van der Waals surface area contributed by atoms with Crippen molar-refractivity contribution in [2.24, 2.45) is 11.8 Å². The molecule has 2 atom stereocenters. The predicted octanol–water partition coefficient (Wildman–Crippen LogP) is 6.21. The fourth-order valence-corrected chi connectivity index (χ4v) is 9.27. The molecular weight excluding hydrogens is 585 g/mol. The third kappa shape index (κ3) is 5.72. The zero-order chi connectivity index (χ0) is 29.6. The topological polar surface area (TPSA) is 115 Å². The van der Waals surface area contributed by atoms with E-state index in [4.69, 9.17) is 0 Å². The number of aromatic amines is 1. The van der Waals surface area contributed by atoms with Gasteiger partial charge in [-0.15, -0.1) is 11.3 Å². The van der Waals surface area contributed by atoms with Crippen LogP contribution in [0, 0.1) is 30.1 Å². The number of hydrogen-bond acceptors (Lipinski definition) is 7. The van der Waals surface area contributed by atoms with Crippen LogP contribution >= 0.6 is 11.3 Å². The third-order valence-corrected chi connectivity index (χ3v) is 11.3. The summed E-state index contributed by atoms with van der Waals surface area (Å²) in [5.41, 5.74) is 1.62. The van der Waals surface area contributed by atoms with Crippen LogP contribution in [0.15, 0.2) is 35.5 Å². The monoisotopic (exact) mass is 616 g/mol. The van der Waals surface area contributed by atoms with Gasteiger partial charge in [-0.05, 0) is 48.6 Å². The average Bonchev–Trinajstić information content (AvgIpc) is 3.59. The molecule has 2 N–H and O–H groups in total. The lowest BCUT2D eigenvalue weighted by Gasteiger charge is -2.27. The molecule has 6 rings (SSSR count). The number of aromatic nitrogens is 3. The molecule has 13 heteroatoms. The lowest BCUT2D eigenvalue weighted by Crippen LogP contribution is -2.42. The molecule has 1 aliphatic carbocycles. The van der Waals surface area contributed by atoms with E-state index in [1.165, 1.54) is 12.4 Å². The van der Waals surface area contributed by atoms with Gasteiger partial charge in [0.2, 0.25) is 10.0 Å². The van der Waals surface area contributed by atoms with Gasteiger partial charge in [0.05, 0.1) is 16.7 Å². The number of halogens is 3. The largest absolute Gasteiger partial charge is 0.393 e. The van der Waals surface area contributed by atoms with Crippen molar-refractivity contribution in [2.75, 3.05) is 18.0 Å². The average molecular weight is 617 g/mol. The minimum Gasteiger partial charge on any atom is -0.354 e. The number of anilines is 1. The molecule has 222 valence electrons. The lowest BCUT2D eigenvalue weighted by molar-refractivity contribution is -0.126. The summed E-state index contributed by atoms with van der Waals surface area (Å²) >= 11 is 1.01. The van der Waals surface area contributed by atoms with E-state index in [-0.39, 0.29) is 15.7 Å². The van der Waals surface area contributed by atoms with E-state index >= 15 is 0 Å². The maximum atomic E-state index is 13.9. The molecule has 0 spiro atoms. The Morgan fingerprint density at radius 2 is 1.88 bits per heavy atom. The Bertz CT molecular complexity index is 1770. The van der Waals surface area contributed by atoms with Crippen LogP contribution < -0.4 is 9.62 Å². The molecule has 8 nitrogen and oxygen atoms in total. The molecule has 0 amide bonds. The van der Waals surface area contributed by atoms with Gasteiger partial charge in [0.1, 0.15) is 28.7 Å². The molecule has 2 fully saturated rings. The van der Waals surface area contributed by atoms with Crippen molar-refractivity contribution >= 4 is 48.3 Å². The van der Waals surface area contributed by atoms with Crippen LogP contribution in [-0.4, -0.2) is 48.7 Å². The molecule has 4 aromatic rings. The first-order valence-electron chi connectivity index (χ1n) is 14.1. The first-order chi connectivity index (χ1) is 20.0. The zero-order valence-corrected chi connectivity index (χ0v) is 24.7. The van der Waals surface area contributed by atoms with Gasteiger partial charge in [-0.1, -0.05) is 38.5 Å². The lowest BCUT2D eigenvalue weighted by atomic mass is 9.83. The van der Waals surface area contributed by atoms with Crippen LogP contribution in [0.4, 0.5) is 19.0 Å². The minimum atomic E-state index is -4.33. The molecular formula is C29H31F3N6O2S2. The molecule has 0 bridgehead atoms. The smallest absolute Gasteiger partial charge is 0.354 e. The van der Waals surface area contributed by atoms with Crippen molar-refractivity contribution in [3.05, 3.63) is 46.7 Å². The number of nitriles is 1. The first-order valence-corrected chi connectivity index (χ1v) is 16.4. The van der Waals surface area contributed by atoms with Crippen molar-refractivity contribution in [3.8, 4) is 6.07 Å². The van der Waals surface area contributed by atoms with Gasteiger partial charge < -0.3 is 9.88 Å². The molecule has 42 heavy (non-hydrogen) atoms. The van der Waals surface area contributed by atoms with Gasteiger partial charge in [-0.2, -0.15) is 18.4 Å². The number of sulfonamides is 1.